The van der Waals surface area contributed by atoms with Crippen molar-refractivity contribution in [1.82, 2.24) is 0 Å². The summed E-state index contributed by atoms with van der Waals surface area (Å²) in [4.78, 5) is 27.1. The van der Waals surface area contributed by atoms with Gasteiger partial charge in [0.05, 0.1) is 10.5 Å². The molecule has 0 aliphatic carbocycles. The van der Waals surface area contributed by atoms with Gasteiger partial charge in [0.25, 0.3) is 5.69 Å². The van der Waals surface area contributed by atoms with Crippen LogP contribution in [0.15, 0.2) is 78.0 Å². The van der Waals surface area contributed by atoms with E-state index in [0.29, 0.717) is 22.9 Å². The molecular formula is C21H16ClN3O5. The summed E-state index contributed by atoms with van der Waals surface area (Å²) in [7, 11) is 0. The number of nitrogens with two attached hydrogens (primary N) is 1. The van der Waals surface area contributed by atoms with Crippen LogP contribution in [-0.2, 0) is 11.4 Å². The van der Waals surface area contributed by atoms with E-state index in [0.717, 1.165) is 5.56 Å². The van der Waals surface area contributed by atoms with Gasteiger partial charge in [-0.3, -0.25) is 10.1 Å². The Morgan fingerprint density at radius 1 is 1.03 bits per heavy atom. The van der Waals surface area contributed by atoms with E-state index in [2.05, 4.69) is 5.16 Å². The van der Waals surface area contributed by atoms with E-state index in [-0.39, 0.29) is 17.1 Å². The fourth-order valence-electron chi connectivity index (χ4n) is 2.41. The number of nitro groups is 1. The molecule has 0 spiro atoms. The lowest BCUT2D eigenvalue weighted by atomic mass is 10.1. The molecule has 0 aromatic heterocycles. The monoisotopic (exact) mass is 425 g/mol. The summed E-state index contributed by atoms with van der Waals surface area (Å²) < 4.78 is 5.64. The van der Waals surface area contributed by atoms with Crippen LogP contribution >= 0.6 is 11.6 Å². The molecule has 152 valence electrons. The van der Waals surface area contributed by atoms with E-state index >= 15 is 0 Å². The van der Waals surface area contributed by atoms with Crippen molar-refractivity contribution < 1.29 is 19.3 Å². The predicted molar refractivity (Wildman–Crippen MR) is 111 cm³/mol. The highest BCUT2D eigenvalue weighted by Gasteiger charge is 2.10. The van der Waals surface area contributed by atoms with Gasteiger partial charge in [-0.1, -0.05) is 35.0 Å². The second-order valence-corrected chi connectivity index (χ2v) is 6.54. The Morgan fingerprint density at radius 2 is 1.70 bits per heavy atom. The summed E-state index contributed by atoms with van der Waals surface area (Å²) in [6, 6.07) is 19.1. The molecule has 0 unspecified atom stereocenters. The van der Waals surface area contributed by atoms with Gasteiger partial charge in [-0.05, 0) is 48.0 Å². The standard InChI is InChI=1S/C21H16ClN3O5/c22-17-2-1-3-19(12-17)29-13-14-4-6-16(7-5-14)21(26)30-24-20(23)15-8-10-18(11-9-15)25(27)28/h1-12H,13H2,(H2,23,24). The largest absolute Gasteiger partial charge is 0.489 e. The van der Waals surface area contributed by atoms with Crippen molar-refractivity contribution in [2.24, 2.45) is 10.9 Å². The number of oxime groups is 1. The van der Waals surface area contributed by atoms with Crippen LogP contribution in [0.5, 0.6) is 5.75 Å². The quantitative estimate of drug-likeness (QED) is 0.198. The number of hydrogen-bond acceptors (Lipinski definition) is 6. The molecule has 3 aromatic carbocycles. The summed E-state index contributed by atoms with van der Waals surface area (Å²) in [6.45, 7) is 0.306. The zero-order chi connectivity index (χ0) is 21.5. The second-order valence-electron chi connectivity index (χ2n) is 6.10. The van der Waals surface area contributed by atoms with E-state index in [1.807, 2.05) is 0 Å². The molecule has 0 aliphatic rings. The van der Waals surface area contributed by atoms with E-state index in [4.69, 9.17) is 26.9 Å². The Balaban J connectivity index is 1.57. The number of rotatable bonds is 7. The number of non-ortho nitro benzene ring substituents is 1. The summed E-state index contributed by atoms with van der Waals surface area (Å²) in [5.41, 5.74) is 7.19. The molecule has 0 radical (unpaired) electrons. The van der Waals surface area contributed by atoms with Gasteiger partial charge < -0.3 is 15.3 Å². The van der Waals surface area contributed by atoms with Crippen LogP contribution < -0.4 is 10.5 Å². The lowest BCUT2D eigenvalue weighted by Crippen LogP contribution is -2.15. The number of carbonyl (C=O) groups excluding carboxylic acids is 1. The molecular weight excluding hydrogens is 410 g/mol. The van der Waals surface area contributed by atoms with Crippen molar-refractivity contribution in [3.05, 3.63) is 105 Å². The van der Waals surface area contributed by atoms with E-state index < -0.39 is 10.9 Å². The Bertz CT molecular complexity index is 1080. The molecule has 0 heterocycles. The van der Waals surface area contributed by atoms with E-state index in [1.165, 1.54) is 24.3 Å². The van der Waals surface area contributed by atoms with Gasteiger partial charge in [0.15, 0.2) is 5.84 Å². The number of amidine groups is 1. The molecule has 30 heavy (non-hydrogen) atoms. The third-order valence-electron chi connectivity index (χ3n) is 3.99. The highest BCUT2D eigenvalue weighted by molar-refractivity contribution is 6.30. The van der Waals surface area contributed by atoms with Gasteiger partial charge in [0, 0.05) is 22.7 Å². The highest BCUT2D eigenvalue weighted by atomic mass is 35.5. The van der Waals surface area contributed by atoms with Crippen molar-refractivity contribution in [2.45, 2.75) is 6.61 Å². The smallest absolute Gasteiger partial charge is 0.365 e. The van der Waals surface area contributed by atoms with Gasteiger partial charge in [0.1, 0.15) is 12.4 Å². The second kappa shape index (κ2) is 9.53. The van der Waals surface area contributed by atoms with Crippen LogP contribution in [0.4, 0.5) is 5.69 Å². The van der Waals surface area contributed by atoms with Gasteiger partial charge >= 0.3 is 5.97 Å². The lowest BCUT2D eigenvalue weighted by molar-refractivity contribution is -0.384. The molecule has 0 fully saturated rings. The number of benzene rings is 3. The summed E-state index contributed by atoms with van der Waals surface area (Å²) in [5.74, 6) is -0.131. The zero-order valence-corrected chi connectivity index (χ0v) is 16.3. The van der Waals surface area contributed by atoms with Crippen LogP contribution in [0.2, 0.25) is 5.02 Å². The third-order valence-corrected chi connectivity index (χ3v) is 4.23. The zero-order valence-electron chi connectivity index (χ0n) is 15.5. The molecule has 8 nitrogen and oxygen atoms in total. The lowest BCUT2D eigenvalue weighted by Gasteiger charge is -2.07. The minimum atomic E-state index is -0.692. The highest BCUT2D eigenvalue weighted by Crippen LogP contribution is 2.18. The molecule has 2 N–H and O–H groups in total. The molecule has 3 rings (SSSR count). The van der Waals surface area contributed by atoms with Crippen LogP contribution in [-0.4, -0.2) is 16.7 Å². The maximum absolute atomic E-state index is 12.1. The first kappa shape index (κ1) is 20.8. The first-order valence-corrected chi connectivity index (χ1v) is 9.07. The molecule has 0 bridgehead atoms. The summed E-state index contributed by atoms with van der Waals surface area (Å²) in [5, 5.41) is 14.8. The maximum atomic E-state index is 12.1. The molecule has 0 aliphatic heterocycles. The van der Waals surface area contributed by atoms with Gasteiger partial charge in [-0.25, -0.2) is 4.79 Å². The van der Waals surface area contributed by atoms with Crippen molar-refractivity contribution in [3.63, 3.8) is 0 Å². The molecule has 9 heteroatoms. The fourth-order valence-corrected chi connectivity index (χ4v) is 2.59. The Morgan fingerprint density at radius 3 is 2.33 bits per heavy atom. The normalized spacial score (nSPS) is 11.0. The number of halogens is 1. The third kappa shape index (κ3) is 5.55. The number of carbonyl (C=O) groups is 1. The van der Waals surface area contributed by atoms with E-state index in [9.17, 15) is 14.9 Å². The Labute approximate surface area is 176 Å². The minimum absolute atomic E-state index is 0.0789. The molecule has 0 atom stereocenters. The van der Waals surface area contributed by atoms with Gasteiger partial charge in [0.2, 0.25) is 0 Å². The molecule has 0 saturated heterocycles. The van der Waals surface area contributed by atoms with Crippen molar-refractivity contribution >= 4 is 29.1 Å². The van der Waals surface area contributed by atoms with Crippen LogP contribution in [0.1, 0.15) is 21.5 Å². The van der Waals surface area contributed by atoms with Crippen LogP contribution in [0.3, 0.4) is 0 Å². The predicted octanol–water partition coefficient (Wildman–Crippen LogP) is 4.30. The number of nitro benzene ring substituents is 1. The number of ether oxygens (including phenoxy) is 1. The van der Waals surface area contributed by atoms with E-state index in [1.54, 1.807) is 48.5 Å². The van der Waals surface area contributed by atoms with Crippen molar-refractivity contribution in [1.29, 1.82) is 0 Å². The maximum Gasteiger partial charge on any atom is 0.365 e. The van der Waals surface area contributed by atoms with Crippen LogP contribution in [0.25, 0.3) is 0 Å². The molecule has 0 amide bonds. The number of nitrogens with zero attached hydrogens (tertiary/aromatic N) is 2. The van der Waals surface area contributed by atoms with Gasteiger partial charge in [-0.2, -0.15) is 0 Å². The Hall–Kier alpha value is -3.91. The summed E-state index contributed by atoms with van der Waals surface area (Å²) in [6.07, 6.45) is 0. The molecule has 0 saturated carbocycles. The fraction of sp³-hybridized carbons (Fsp3) is 0.0476. The minimum Gasteiger partial charge on any atom is -0.489 e. The van der Waals surface area contributed by atoms with Crippen molar-refractivity contribution in [3.8, 4) is 5.75 Å². The first-order valence-electron chi connectivity index (χ1n) is 8.69. The SMILES string of the molecule is N/C(=N\OC(=O)c1ccc(COc2cccc(Cl)c2)cc1)c1ccc([N+](=O)[O-])cc1. The van der Waals surface area contributed by atoms with Crippen LogP contribution in [0, 0.1) is 10.1 Å². The average molecular weight is 426 g/mol. The average Bonchev–Trinajstić information content (AvgIpc) is 2.76. The first-order chi connectivity index (χ1) is 14.4. The number of hydrogen-bond donors (Lipinski definition) is 1. The van der Waals surface area contributed by atoms with Crippen molar-refractivity contribution in [2.75, 3.05) is 0 Å². The Kier molecular flexibility index (Phi) is 6.61. The molecule has 3 aromatic rings. The topological polar surface area (TPSA) is 117 Å². The summed E-state index contributed by atoms with van der Waals surface area (Å²) >= 11 is 5.91. The van der Waals surface area contributed by atoms with Gasteiger partial charge in [-0.15, -0.1) is 0 Å².